The molecule has 0 unspecified atom stereocenters. The molecule has 0 atom stereocenters. The lowest BCUT2D eigenvalue weighted by molar-refractivity contribution is -0.131. The number of hydrogen-bond donors (Lipinski definition) is 1. The van der Waals surface area contributed by atoms with Crippen LogP contribution in [0.5, 0.6) is 0 Å². The van der Waals surface area contributed by atoms with Gasteiger partial charge in [0.25, 0.3) is 0 Å². The number of hydrogen-bond acceptors (Lipinski definition) is 4. The van der Waals surface area contributed by atoms with Gasteiger partial charge in [0.15, 0.2) is 0 Å². The van der Waals surface area contributed by atoms with Crippen LogP contribution in [0.3, 0.4) is 0 Å². The second-order valence-electron chi connectivity index (χ2n) is 5.83. The van der Waals surface area contributed by atoms with Gasteiger partial charge < -0.3 is 19.2 Å². The first-order valence-corrected chi connectivity index (χ1v) is 7.61. The fourth-order valence-electron chi connectivity index (χ4n) is 2.71. The summed E-state index contributed by atoms with van der Waals surface area (Å²) in [5.41, 5.74) is 0.151. The van der Waals surface area contributed by atoms with Crippen molar-refractivity contribution in [3.05, 3.63) is 23.2 Å². The molecule has 22 heavy (non-hydrogen) atoms. The highest BCUT2D eigenvalue weighted by Crippen LogP contribution is 2.21. The van der Waals surface area contributed by atoms with E-state index in [9.17, 15) is 9.59 Å². The number of carbonyl (C=O) groups excluding carboxylic acids is 1. The summed E-state index contributed by atoms with van der Waals surface area (Å²) in [6.45, 7) is 3.48. The molecule has 0 aliphatic carbocycles. The molecule has 0 aromatic carbocycles. The van der Waals surface area contributed by atoms with E-state index in [1.54, 1.807) is 18.9 Å². The topological polar surface area (TPSA) is 80.0 Å². The van der Waals surface area contributed by atoms with E-state index in [2.05, 4.69) is 0 Å². The summed E-state index contributed by atoms with van der Waals surface area (Å²) in [5, 5.41) is 9.00. The standard InChI is InChI=1S/C16H23NO5/c1-11-14(16(19)20)9-13(22-11)10-17(2)15(18)4-3-12-5-7-21-8-6-12/h9,12H,3-8,10H2,1-2H3,(H,19,20). The van der Waals surface area contributed by atoms with E-state index in [0.29, 0.717) is 30.4 Å². The summed E-state index contributed by atoms with van der Waals surface area (Å²) < 4.78 is 10.7. The third-order valence-corrected chi connectivity index (χ3v) is 4.13. The average Bonchev–Trinajstić information content (AvgIpc) is 2.86. The van der Waals surface area contributed by atoms with Gasteiger partial charge in [0, 0.05) is 26.7 Å². The van der Waals surface area contributed by atoms with Crippen LogP contribution in [0.1, 0.15) is 47.6 Å². The molecule has 6 nitrogen and oxygen atoms in total. The molecule has 122 valence electrons. The summed E-state index contributed by atoms with van der Waals surface area (Å²) in [5.74, 6) is 0.469. The second kappa shape index (κ2) is 7.45. The molecule has 2 rings (SSSR count). The number of aromatic carboxylic acids is 1. The molecule has 0 spiro atoms. The maximum atomic E-state index is 12.2. The van der Waals surface area contributed by atoms with Crippen molar-refractivity contribution in [2.24, 2.45) is 5.92 Å². The van der Waals surface area contributed by atoms with Crippen LogP contribution in [-0.2, 0) is 16.1 Å². The van der Waals surface area contributed by atoms with Crippen LogP contribution in [0.2, 0.25) is 0 Å². The first-order valence-electron chi connectivity index (χ1n) is 7.61. The molecule has 1 N–H and O–H groups in total. The Kier molecular flexibility index (Phi) is 5.60. The Bertz CT molecular complexity index is 531. The van der Waals surface area contributed by atoms with Crippen LogP contribution in [0.15, 0.2) is 10.5 Å². The summed E-state index contributed by atoms with van der Waals surface area (Å²) in [6, 6.07) is 1.49. The van der Waals surface area contributed by atoms with Crippen molar-refractivity contribution >= 4 is 11.9 Å². The van der Waals surface area contributed by atoms with Gasteiger partial charge in [-0.25, -0.2) is 4.79 Å². The lowest BCUT2D eigenvalue weighted by atomic mass is 9.95. The van der Waals surface area contributed by atoms with Crippen molar-refractivity contribution < 1.29 is 23.8 Å². The van der Waals surface area contributed by atoms with Crippen molar-refractivity contribution in [3.63, 3.8) is 0 Å². The molecule has 1 aromatic heterocycles. The summed E-state index contributed by atoms with van der Waals surface area (Å²) in [7, 11) is 1.71. The first-order chi connectivity index (χ1) is 10.5. The van der Waals surface area contributed by atoms with Gasteiger partial charge in [-0.2, -0.15) is 0 Å². The minimum atomic E-state index is -1.01. The lowest BCUT2D eigenvalue weighted by Gasteiger charge is -2.23. The third kappa shape index (κ3) is 4.34. The van der Waals surface area contributed by atoms with Crippen molar-refractivity contribution in [3.8, 4) is 0 Å². The predicted octanol–water partition coefficient (Wildman–Crippen LogP) is 2.45. The van der Waals surface area contributed by atoms with Gasteiger partial charge in [0.2, 0.25) is 5.91 Å². The smallest absolute Gasteiger partial charge is 0.339 e. The molecular formula is C16H23NO5. The van der Waals surface area contributed by atoms with E-state index >= 15 is 0 Å². The number of carbonyl (C=O) groups is 2. The van der Waals surface area contributed by atoms with Gasteiger partial charge >= 0.3 is 5.97 Å². The van der Waals surface area contributed by atoms with Gasteiger partial charge in [-0.3, -0.25) is 4.79 Å². The molecule has 1 saturated heterocycles. The molecule has 1 aliphatic heterocycles. The molecule has 1 aromatic rings. The van der Waals surface area contributed by atoms with E-state index in [4.69, 9.17) is 14.3 Å². The third-order valence-electron chi connectivity index (χ3n) is 4.13. The fraction of sp³-hybridized carbons (Fsp3) is 0.625. The minimum absolute atomic E-state index is 0.0532. The Hall–Kier alpha value is -1.82. The van der Waals surface area contributed by atoms with Crippen molar-refractivity contribution in [1.29, 1.82) is 0 Å². The number of furan rings is 1. The molecule has 1 amide bonds. The highest BCUT2D eigenvalue weighted by atomic mass is 16.5. The maximum Gasteiger partial charge on any atom is 0.339 e. The molecule has 0 bridgehead atoms. The fourth-order valence-corrected chi connectivity index (χ4v) is 2.71. The number of rotatable bonds is 6. The van der Waals surface area contributed by atoms with E-state index in [-0.39, 0.29) is 11.5 Å². The number of ether oxygens (including phenoxy) is 1. The van der Waals surface area contributed by atoms with E-state index in [1.165, 1.54) is 6.07 Å². The molecule has 6 heteroatoms. The predicted molar refractivity (Wildman–Crippen MR) is 79.7 cm³/mol. The SMILES string of the molecule is Cc1oc(CN(C)C(=O)CCC2CCOCC2)cc1C(=O)O. The van der Waals surface area contributed by atoms with Gasteiger partial charge in [-0.15, -0.1) is 0 Å². The number of aryl methyl sites for hydroxylation is 1. The number of carboxylic acids is 1. The molecular weight excluding hydrogens is 286 g/mol. The number of carboxylic acid groups (broad SMARTS) is 1. The zero-order valence-corrected chi connectivity index (χ0v) is 13.1. The zero-order valence-electron chi connectivity index (χ0n) is 13.1. The number of amides is 1. The Morgan fingerprint density at radius 3 is 2.64 bits per heavy atom. The Balaban J connectivity index is 1.82. The Labute approximate surface area is 130 Å². The maximum absolute atomic E-state index is 12.2. The summed E-state index contributed by atoms with van der Waals surface area (Å²) in [6.07, 6.45) is 3.43. The Morgan fingerprint density at radius 1 is 1.36 bits per heavy atom. The zero-order chi connectivity index (χ0) is 16.1. The molecule has 0 saturated carbocycles. The van der Waals surface area contributed by atoms with Crippen LogP contribution >= 0.6 is 0 Å². The van der Waals surface area contributed by atoms with Crippen molar-refractivity contribution in [1.82, 2.24) is 4.90 Å². The van der Waals surface area contributed by atoms with E-state index in [0.717, 1.165) is 32.5 Å². The Morgan fingerprint density at radius 2 is 2.05 bits per heavy atom. The van der Waals surface area contributed by atoms with Crippen LogP contribution in [0.25, 0.3) is 0 Å². The minimum Gasteiger partial charge on any atom is -0.478 e. The molecule has 0 radical (unpaired) electrons. The highest BCUT2D eigenvalue weighted by Gasteiger charge is 2.19. The summed E-state index contributed by atoms with van der Waals surface area (Å²) in [4.78, 5) is 24.7. The molecule has 1 aliphatic rings. The van der Waals surface area contributed by atoms with Crippen molar-refractivity contribution in [2.75, 3.05) is 20.3 Å². The van der Waals surface area contributed by atoms with Crippen LogP contribution in [0, 0.1) is 12.8 Å². The van der Waals surface area contributed by atoms with Gasteiger partial charge in [0.1, 0.15) is 17.1 Å². The normalized spacial score (nSPS) is 15.7. The van der Waals surface area contributed by atoms with Crippen molar-refractivity contribution in [2.45, 2.75) is 39.2 Å². The number of nitrogens with zero attached hydrogens (tertiary/aromatic N) is 1. The monoisotopic (exact) mass is 309 g/mol. The van der Waals surface area contributed by atoms with Crippen LogP contribution in [0.4, 0.5) is 0 Å². The second-order valence-corrected chi connectivity index (χ2v) is 5.83. The van der Waals surface area contributed by atoms with Gasteiger partial charge in [0.05, 0.1) is 6.54 Å². The first kappa shape index (κ1) is 16.5. The average molecular weight is 309 g/mol. The largest absolute Gasteiger partial charge is 0.478 e. The molecule has 1 fully saturated rings. The lowest BCUT2D eigenvalue weighted by Crippen LogP contribution is -2.27. The van der Waals surface area contributed by atoms with Gasteiger partial charge in [-0.1, -0.05) is 0 Å². The van der Waals surface area contributed by atoms with Gasteiger partial charge in [-0.05, 0) is 38.2 Å². The van der Waals surface area contributed by atoms with E-state index < -0.39 is 5.97 Å². The van der Waals surface area contributed by atoms with E-state index in [1.807, 2.05) is 0 Å². The highest BCUT2D eigenvalue weighted by molar-refractivity contribution is 5.88. The summed E-state index contributed by atoms with van der Waals surface area (Å²) >= 11 is 0. The quantitative estimate of drug-likeness (QED) is 0.873. The van der Waals surface area contributed by atoms with Crippen LogP contribution in [-0.4, -0.2) is 42.1 Å². The van der Waals surface area contributed by atoms with Crippen LogP contribution < -0.4 is 0 Å². The molecule has 2 heterocycles.